The fourth-order valence-corrected chi connectivity index (χ4v) is 3.08. The highest BCUT2D eigenvalue weighted by molar-refractivity contribution is 7.99. The van der Waals surface area contributed by atoms with Gasteiger partial charge in [-0.2, -0.15) is 0 Å². The molecule has 0 unspecified atom stereocenters. The summed E-state index contributed by atoms with van der Waals surface area (Å²) >= 11 is 7.48. The van der Waals surface area contributed by atoms with Crippen LogP contribution in [0.4, 0.5) is 5.69 Å². The van der Waals surface area contributed by atoms with Gasteiger partial charge in [0.1, 0.15) is 6.33 Å². The highest BCUT2D eigenvalue weighted by Crippen LogP contribution is 2.18. The summed E-state index contributed by atoms with van der Waals surface area (Å²) in [6, 6.07) is 15.0. The largest absolute Gasteiger partial charge is 0.325 e. The molecule has 1 heterocycles. The van der Waals surface area contributed by atoms with Crippen LogP contribution in [0.1, 0.15) is 5.56 Å². The Morgan fingerprint density at radius 1 is 1.21 bits per heavy atom. The summed E-state index contributed by atoms with van der Waals surface area (Å²) in [5.74, 6) is 1.04. The first-order valence-electron chi connectivity index (χ1n) is 7.16. The Hall–Kier alpha value is -2.38. The number of aromatic nitrogens is 4. The number of amides is 1. The molecule has 6 nitrogen and oxygen atoms in total. The minimum atomic E-state index is -0.0594. The summed E-state index contributed by atoms with van der Waals surface area (Å²) in [6.07, 6.45) is 1.50. The number of hydrogen-bond acceptors (Lipinski definition) is 5. The number of carbonyl (C=O) groups is 1. The number of nitrogens with one attached hydrogen (secondary N) is 1. The highest BCUT2D eigenvalue weighted by Gasteiger charge is 2.05. The van der Waals surface area contributed by atoms with E-state index in [1.54, 1.807) is 0 Å². The Morgan fingerprint density at radius 2 is 2.08 bits per heavy atom. The quantitative estimate of drug-likeness (QED) is 0.731. The molecule has 3 aromatic rings. The molecule has 0 atom stereocenters. The summed E-state index contributed by atoms with van der Waals surface area (Å²) < 4.78 is 1.53. The van der Waals surface area contributed by atoms with Crippen LogP contribution in [0.3, 0.4) is 0 Å². The maximum atomic E-state index is 12.1. The molecule has 2 aromatic carbocycles. The summed E-state index contributed by atoms with van der Waals surface area (Å²) in [5, 5.41) is 14.6. The smallest absolute Gasteiger partial charge is 0.234 e. The van der Waals surface area contributed by atoms with Gasteiger partial charge in [-0.05, 0) is 46.3 Å². The lowest BCUT2D eigenvalue weighted by atomic mass is 10.2. The van der Waals surface area contributed by atoms with Crippen molar-refractivity contribution in [1.29, 1.82) is 0 Å². The van der Waals surface area contributed by atoms with Gasteiger partial charge in [-0.25, -0.2) is 4.68 Å². The van der Waals surface area contributed by atoms with Gasteiger partial charge >= 0.3 is 0 Å². The average molecular weight is 360 g/mol. The van der Waals surface area contributed by atoms with Crippen molar-refractivity contribution in [2.24, 2.45) is 0 Å². The fraction of sp³-hybridized carbons (Fsp3) is 0.125. The summed E-state index contributed by atoms with van der Waals surface area (Å²) in [6.45, 7) is 0. The van der Waals surface area contributed by atoms with E-state index in [2.05, 4.69) is 20.8 Å². The predicted octanol–water partition coefficient (Wildman–Crippen LogP) is 3.19. The van der Waals surface area contributed by atoms with Crippen molar-refractivity contribution in [2.45, 2.75) is 5.75 Å². The zero-order valence-electron chi connectivity index (χ0n) is 12.6. The second-order valence-corrected chi connectivity index (χ2v) is 6.40. The molecule has 3 rings (SSSR count). The monoisotopic (exact) mass is 359 g/mol. The van der Waals surface area contributed by atoms with Gasteiger partial charge in [0.15, 0.2) is 0 Å². The SMILES string of the molecule is O=C(CSCc1cccc(Cl)c1)Nc1cccc(-n2cnnn2)c1. The molecule has 1 aromatic heterocycles. The zero-order chi connectivity index (χ0) is 16.8. The molecule has 0 aliphatic carbocycles. The van der Waals surface area contributed by atoms with Gasteiger partial charge in [-0.3, -0.25) is 4.79 Å². The highest BCUT2D eigenvalue weighted by atomic mass is 35.5. The van der Waals surface area contributed by atoms with Gasteiger partial charge in [0.05, 0.1) is 11.4 Å². The maximum Gasteiger partial charge on any atom is 0.234 e. The number of anilines is 1. The van der Waals surface area contributed by atoms with Crippen molar-refractivity contribution in [3.8, 4) is 5.69 Å². The van der Waals surface area contributed by atoms with Crippen LogP contribution in [0.2, 0.25) is 5.02 Å². The standard InChI is InChI=1S/C16H14ClN5OS/c17-13-4-1-3-12(7-13)9-24-10-16(23)19-14-5-2-6-15(8-14)22-11-18-20-21-22/h1-8,11H,9-10H2,(H,19,23). The molecular weight excluding hydrogens is 346 g/mol. The van der Waals surface area contributed by atoms with E-state index in [4.69, 9.17) is 11.6 Å². The van der Waals surface area contributed by atoms with Crippen LogP contribution >= 0.6 is 23.4 Å². The van der Waals surface area contributed by atoms with Crippen LogP contribution in [0.25, 0.3) is 5.69 Å². The van der Waals surface area contributed by atoms with Gasteiger partial charge in [0.25, 0.3) is 0 Å². The normalized spacial score (nSPS) is 10.5. The molecule has 0 aliphatic rings. The molecule has 0 spiro atoms. The molecule has 24 heavy (non-hydrogen) atoms. The van der Waals surface area contributed by atoms with Crippen LogP contribution in [0, 0.1) is 0 Å². The lowest BCUT2D eigenvalue weighted by molar-refractivity contribution is -0.113. The third kappa shape index (κ3) is 4.56. The van der Waals surface area contributed by atoms with Crippen LogP contribution in [-0.2, 0) is 10.5 Å². The van der Waals surface area contributed by atoms with E-state index in [1.807, 2.05) is 48.5 Å². The molecule has 0 aliphatic heterocycles. The molecule has 1 amide bonds. The Labute approximate surface area is 148 Å². The Kier molecular flexibility index (Phi) is 5.45. The van der Waals surface area contributed by atoms with Crippen molar-refractivity contribution in [2.75, 3.05) is 11.1 Å². The van der Waals surface area contributed by atoms with Crippen LogP contribution in [0.5, 0.6) is 0 Å². The number of benzene rings is 2. The van der Waals surface area contributed by atoms with Gasteiger partial charge < -0.3 is 5.32 Å². The number of carbonyl (C=O) groups excluding carboxylic acids is 1. The number of nitrogens with zero attached hydrogens (tertiary/aromatic N) is 4. The lowest BCUT2D eigenvalue weighted by Crippen LogP contribution is -2.14. The molecule has 0 fully saturated rings. The predicted molar refractivity (Wildman–Crippen MR) is 95.4 cm³/mol. The minimum Gasteiger partial charge on any atom is -0.325 e. The maximum absolute atomic E-state index is 12.1. The Balaban J connectivity index is 1.52. The third-order valence-corrected chi connectivity index (χ3v) is 4.37. The third-order valence-electron chi connectivity index (χ3n) is 3.13. The van der Waals surface area contributed by atoms with Crippen LogP contribution < -0.4 is 5.32 Å². The Morgan fingerprint density at radius 3 is 2.88 bits per heavy atom. The molecule has 1 N–H and O–H groups in total. The number of tetrazole rings is 1. The zero-order valence-corrected chi connectivity index (χ0v) is 14.2. The summed E-state index contributed by atoms with van der Waals surface area (Å²) in [4.78, 5) is 12.1. The van der Waals surface area contributed by atoms with Crippen molar-refractivity contribution >= 4 is 35.0 Å². The summed E-state index contributed by atoms with van der Waals surface area (Å²) in [5.41, 5.74) is 2.58. The van der Waals surface area contributed by atoms with Crippen LogP contribution in [-0.4, -0.2) is 31.9 Å². The van der Waals surface area contributed by atoms with E-state index in [0.717, 1.165) is 17.0 Å². The van der Waals surface area contributed by atoms with Gasteiger partial charge in [-0.1, -0.05) is 29.8 Å². The fourth-order valence-electron chi connectivity index (χ4n) is 2.09. The van der Waals surface area contributed by atoms with Crippen molar-refractivity contribution in [1.82, 2.24) is 20.2 Å². The average Bonchev–Trinajstić information content (AvgIpc) is 3.10. The second kappa shape index (κ2) is 7.94. The van der Waals surface area contributed by atoms with Gasteiger partial charge in [-0.15, -0.1) is 16.9 Å². The molecule has 122 valence electrons. The van der Waals surface area contributed by atoms with E-state index < -0.39 is 0 Å². The van der Waals surface area contributed by atoms with E-state index in [9.17, 15) is 4.79 Å². The van der Waals surface area contributed by atoms with Crippen LogP contribution in [0.15, 0.2) is 54.9 Å². The first-order chi connectivity index (χ1) is 11.7. The molecule has 0 radical (unpaired) electrons. The number of hydrogen-bond donors (Lipinski definition) is 1. The molecular formula is C16H14ClN5OS. The lowest BCUT2D eigenvalue weighted by Gasteiger charge is -2.07. The second-order valence-electron chi connectivity index (χ2n) is 4.98. The molecule has 8 heteroatoms. The van der Waals surface area contributed by atoms with Crippen molar-refractivity contribution < 1.29 is 4.79 Å². The number of rotatable bonds is 6. The van der Waals surface area contributed by atoms with E-state index in [-0.39, 0.29) is 5.91 Å². The first-order valence-corrected chi connectivity index (χ1v) is 8.69. The van der Waals surface area contributed by atoms with E-state index in [0.29, 0.717) is 16.5 Å². The minimum absolute atomic E-state index is 0.0594. The van der Waals surface area contributed by atoms with E-state index in [1.165, 1.54) is 22.8 Å². The van der Waals surface area contributed by atoms with Gasteiger partial charge in [0.2, 0.25) is 5.91 Å². The summed E-state index contributed by atoms with van der Waals surface area (Å²) in [7, 11) is 0. The van der Waals surface area contributed by atoms with E-state index >= 15 is 0 Å². The molecule has 0 saturated heterocycles. The Bertz CT molecular complexity index is 825. The van der Waals surface area contributed by atoms with Crippen molar-refractivity contribution in [3.63, 3.8) is 0 Å². The molecule has 0 saturated carbocycles. The topological polar surface area (TPSA) is 72.7 Å². The molecule has 0 bridgehead atoms. The van der Waals surface area contributed by atoms with Crippen molar-refractivity contribution in [3.05, 3.63) is 65.4 Å². The number of thioether (sulfide) groups is 1. The first kappa shape index (κ1) is 16.5. The number of halogens is 1. The van der Waals surface area contributed by atoms with Gasteiger partial charge in [0, 0.05) is 16.5 Å².